The Morgan fingerprint density at radius 1 is 1.20 bits per heavy atom. The Morgan fingerprint density at radius 2 is 1.96 bits per heavy atom. The molecular weight excluding hydrogens is 361 g/mol. The van der Waals surface area contributed by atoms with Gasteiger partial charge in [0.15, 0.2) is 0 Å². The van der Waals surface area contributed by atoms with Gasteiger partial charge in [0.25, 0.3) is 5.56 Å². The maximum atomic E-state index is 12.4. The Kier molecular flexibility index (Phi) is 6.03. The fourth-order valence-corrected chi connectivity index (χ4v) is 3.34. The minimum Gasteiger partial charge on any atom is -0.496 e. The third-order valence-corrected chi connectivity index (χ3v) is 4.39. The summed E-state index contributed by atoms with van der Waals surface area (Å²) < 4.78 is 7.71. The molecule has 3 aromatic rings. The lowest BCUT2D eigenvalue weighted by Gasteiger charge is -2.21. The van der Waals surface area contributed by atoms with Crippen LogP contribution in [0, 0.1) is 0 Å². The molecule has 0 radical (unpaired) electrons. The van der Waals surface area contributed by atoms with Crippen LogP contribution in [0.2, 0.25) is 0 Å². The molecule has 0 atom stereocenters. The molecule has 25 heavy (non-hydrogen) atoms. The Balaban J connectivity index is 0.00000113. The molecule has 0 bridgehead atoms. The van der Waals surface area contributed by atoms with E-state index in [9.17, 15) is 4.79 Å². The molecule has 2 N–H and O–H groups in total. The summed E-state index contributed by atoms with van der Waals surface area (Å²) in [5, 5.41) is 4.35. The number of rotatable bonds is 3. The van der Waals surface area contributed by atoms with Crippen LogP contribution in [-0.4, -0.2) is 23.2 Å². The number of anilines is 1. The average molecular weight is 382 g/mol. The van der Waals surface area contributed by atoms with Crippen LogP contribution in [-0.2, 0) is 13.0 Å². The zero-order valence-electron chi connectivity index (χ0n) is 13.9. The molecule has 0 aliphatic carbocycles. The number of ether oxygens (including phenoxy) is 1. The monoisotopic (exact) mass is 381 g/mol. The van der Waals surface area contributed by atoms with E-state index in [2.05, 4.69) is 20.9 Å². The lowest BCUT2D eigenvalue weighted by Crippen LogP contribution is -2.22. The van der Waals surface area contributed by atoms with E-state index in [-0.39, 0.29) is 30.4 Å². The van der Waals surface area contributed by atoms with Crippen LogP contribution in [0.5, 0.6) is 5.75 Å². The standard InChI is InChI=1S/C18H19N3O2.2ClH/c1-23-15-10-12(11-21-7-2-3-8-21)9-14-16(15)17-13(18(22)20-14)5-4-6-19-17;;/h2-3,7-10,19H,4-6,11H2,1H3,(H,20,22);2*1H. The van der Waals surface area contributed by atoms with E-state index in [4.69, 9.17) is 4.74 Å². The Bertz CT molecular complexity index is 920. The van der Waals surface area contributed by atoms with Crippen LogP contribution in [0.25, 0.3) is 10.9 Å². The van der Waals surface area contributed by atoms with Crippen LogP contribution >= 0.6 is 24.8 Å². The summed E-state index contributed by atoms with van der Waals surface area (Å²) in [6.45, 7) is 1.63. The van der Waals surface area contributed by atoms with Gasteiger partial charge in [0, 0.05) is 31.0 Å². The highest BCUT2D eigenvalue weighted by Gasteiger charge is 2.19. The van der Waals surface area contributed by atoms with Gasteiger partial charge < -0.3 is 19.6 Å². The summed E-state index contributed by atoms with van der Waals surface area (Å²) in [6, 6.07) is 8.09. The third kappa shape index (κ3) is 3.48. The molecule has 0 amide bonds. The molecule has 1 aliphatic rings. The highest BCUT2D eigenvalue weighted by atomic mass is 35.5. The number of nitrogens with zero attached hydrogens (tertiary/aromatic N) is 1. The largest absolute Gasteiger partial charge is 0.496 e. The Hall–Kier alpha value is -2.11. The Morgan fingerprint density at radius 3 is 2.68 bits per heavy atom. The normalized spacial score (nSPS) is 12.5. The fourth-order valence-electron chi connectivity index (χ4n) is 3.34. The summed E-state index contributed by atoms with van der Waals surface area (Å²) in [5.74, 6) is 0.798. The lowest BCUT2D eigenvalue weighted by molar-refractivity contribution is 0.419. The van der Waals surface area contributed by atoms with Crippen LogP contribution in [0.15, 0.2) is 41.5 Å². The number of fused-ring (bicyclic) bond motifs is 3. The van der Waals surface area contributed by atoms with Crippen molar-refractivity contribution in [2.24, 2.45) is 0 Å². The maximum Gasteiger partial charge on any atom is 0.253 e. The highest BCUT2D eigenvalue weighted by Crippen LogP contribution is 2.35. The topological polar surface area (TPSA) is 59.0 Å². The second-order valence-electron chi connectivity index (χ2n) is 5.91. The minimum absolute atomic E-state index is 0. The Labute approximate surface area is 158 Å². The molecule has 3 heterocycles. The van der Waals surface area contributed by atoms with Crippen molar-refractivity contribution in [2.75, 3.05) is 19.0 Å². The van der Waals surface area contributed by atoms with E-state index in [0.717, 1.165) is 59.4 Å². The van der Waals surface area contributed by atoms with Gasteiger partial charge in [-0.15, -0.1) is 24.8 Å². The van der Waals surface area contributed by atoms with E-state index in [1.165, 1.54) is 0 Å². The predicted octanol–water partition coefficient (Wildman–Crippen LogP) is 3.59. The van der Waals surface area contributed by atoms with E-state index < -0.39 is 0 Å². The zero-order chi connectivity index (χ0) is 15.8. The molecule has 0 unspecified atom stereocenters. The first kappa shape index (κ1) is 19.2. The van der Waals surface area contributed by atoms with Gasteiger partial charge in [0.1, 0.15) is 5.75 Å². The maximum absolute atomic E-state index is 12.4. The molecule has 2 aromatic heterocycles. The van der Waals surface area contributed by atoms with Gasteiger partial charge in [-0.2, -0.15) is 0 Å². The van der Waals surface area contributed by atoms with Crippen LogP contribution in [0.4, 0.5) is 5.69 Å². The first-order chi connectivity index (χ1) is 11.3. The number of aromatic nitrogens is 2. The molecule has 1 aliphatic heterocycles. The van der Waals surface area contributed by atoms with Crippen molar-refractivity contribution < 1.29 is 4.74 Å². The molecule has 5 nitrogen and oxygen atoms in total. The number of methoxy groups -OCH3 is 1. The van der Waals surface area contributed by atoms with E-state index in [1.807, 2.05) is 30.6 Å². The summed E-state index contributed by atoms with van der Waals surface area (Å²) in [7, 11) is 1.68. The minimum atomic E-state index is -0.000123. The molecule has 0 spiro atoms. The number of nitrogens with one attached hydrogen (secondary N) is 2. The zero-order valence-corrected chi connectivity index (χ0v) is 15.5. The summed E-state index contributed by atoms with van der Waals surface area (Å²) >= 11 is 0. The first-order valence-electron chi connectivity index (χ1n) is 7.86. The second kappa shape index (κ2) is 7.85. The molecule has 0 saturated heterocycles. The molecular formula is C18H21Cl2N3O2. The van der Waals surface area contributed by atoms with Gasteiger partial charge in [0.2, 0.25) is 0 Å². The van der Waals surface area contributed by atoms with Crippen molar-refractivity contribution in [3.63, 3.8) is 0 Å². The number of hydrogen-bond acceptors (Lipinski definition) is 3. The van der Waals surface area contributed by atoms with E-state index in [0.29, 0.717) is 0 Å². The number of hydrogen-bond donors (Lipinski definition) is 2. The van der Waals surface area contributed by atoms with Crippen molar-refractivity contribution in [2.45, 2.75) is 19.4 Å². The molecule has 4 rings (SSSR count). The fraction of sp³-hybridized carbons (Fsp3) is 0.278. The van der Waals surface area contributed by atoms with Crippen LogP contribution in [0.1, 0.15) is 17.5 Å². The third-order valence-electron chi connectivity index (χ3n) is 4.39. The van der Waals surface area contributed by atoms with Crippen molar-refractivity contribution in [1.29, 1.82) is 0 Å². The smallest absolute Gasteiger partial charge is 0.253 e. The summed E-state index contributed by atoms with van der Waals surface area (Å²) in [5.41, 5.74) is 3.68. The van der Waals surface area contributed by atoms with Gasteiger partial charge in [-0.05, 0) is 42.7 Å². The van der Waals surface area contributed by atoms with E-state index >= 15 is 0 Å². The first-order valence-corrected chi connectivity index (χ1v) is 7.86. The van der Waals surface area contributed by atoms with Gasteiger partial charge in [-0.1, -0.05) is 0 Å². The lowest BCUT2D eigenvalue weighted by atomic mass is 10.00. The van der Waals surface area contributed by atoms with Crippen LogP contribution in [0.3, 0.4) is 0 Å². The molecule has 0 fully saturated rings. The van der Waals surface area contributed by atoms with Crippen molar-refractivity contribution in [3.8, 4) is 5.75 Å². The molecule has 0 saturated carbocycles. The summed E-state index contributed by atoms with van der Waals surface area (Å²) in [4.78, 5) is 15.4. The number of aromatic amines is 1. The predicted molar refractivity (Wildman–Crippen MR) is 106 cm³/mol. The molecule has 134 valence electrons. The van der Waals surface area contributed by atoms with Crippen molar-refractivity contribution in [3.05, 3.63) is 58.1 Å². The molecule has 7 heteroatoms. The van der Waals surface area contributed by atoms with Gasteiger partial charge in [-0.3, -0.25) is 4.79 Å². The van der Waals surface area contributed by atoms with Gasteiger partial charge >= 0.3 is 0 Å². The number of H-pyrrole nitrogens is 1. The van der Waals surface area contributed by atoms with Gasteiger partial charge in [0.05, 0.1) is 23.7 Å². The molecule has 1 aromatic carbocycles. The SMILES string of the molecule is COc1cc(Cn2cccc2)cc2[nH]c(=O)c3c(c12)NCCC3.Cl.Cl. The quantitative estimate of drug-likeness (QED) is 0.728. The van der Waals surface area contributed by atoms with Crippen molar-refractivity contribution >= 4 is 41.4 Å². The summed E-state index contributed by atoms with van der Waals surface area (Å²) in [6.07, 6.45) is 5.83. The number of benzene rings is 1. The second-order valence-corrected chi connectivity index (χ2v) is 5.91. The highest BCUT2D eigenvalue weighted by molar-refractivity contribution is 5.98. The van der Waals surface area contributed by atoms with Crippen LogP contribution < -0.4 is 15.6 Å². The number of halogens is 2. The van der Waals surface area contributed by atoms with E-state index in [1.54, 1.807) is 7.11 Å². The van der Waals surface area contributed by atoms with Crippen molar-refractivity contribution in [1.82, 2.24) is 9.55 Å². The average Bonchev–Trinajstić information content (AvgIpc) is 3.07. The number of pyridine rings is 1. The van der Waals surface area contributed by atoms with Gasteiger partial charge in [-0.25, -0.2) is 0 Å².